The van der Waals surface area contributed by atoms with Crippen molar-refractivity contribution in [3.05, 3.63) is 162 Å². The smallest absolute Gasteiger partial charge is 0.104 e. The van der Waals surface area contributed by atoms with E-state index in [2.05, 4.69) is 140 Å². The van der Waals surface area contributed by atoms with Gasteiger partial charge < -0.3 is 0 Å². The van der Waals surface area contributed by atoms with Gasteiger partial charge in [-0.05, 0) is 40.0 Å². The Hall–Kier alpha value is -4.82. The molecular weight excluding hydrogens is 460 g/mol. The molecule has 0 bridgehead atoms. The molecule has 2 atom stereocenters. The van der Waals surface area contributed by atoms with Crippen LogP contribution in [-0.4, -0.2) is 10.7 Å². The first kappa shape index (κ1) is 22.4. The highest BCUT2D eigenvalue weighted by Crippen LogP contribution is 2.47. The number of pyridine rings is 1. The number of dihydropyridines is 1. The van der Waals surface area contributed by atoms with Crippen LogP contribution in [0.3, 0.4) is 0 Å². The average molecular weight is 487 g/mol. The van der Waals surface area contributed by atoms with Crippen LogP contribution in [0, 0.1) is 5.92 Å². The summed E-state index contributed by atoms with van der Waals surface area (Å²) in [7, 11) is 0. The van der Waals surface area contributed by atoms with E-state index in [1.54, 1.807) is 0 Å². The SMILES string of the molecule is C1=CC2C(c3ccccc3)=CC(c3ccccc3)=NC2c2nc(-c3ccccc3)cc(-c3ccccc3)c21. The monoisotopic (exact) mass is 486 g/mol. The summed E-state index contributed by atoms with van der Waals surface area (Å²) in [4.78, 5) is 10.7. The Bertz CT molecular complexity index is 1680. The summed E-state index contributed by atoms with van der Waals surface area (Å²) in [5, 5.41) is 0. The highest BCUT2D eigenvalue weighted by atomic mass is 14.9. The lowest BCUT2D eigenvalue weighted by Crippen LogP contribution is -2.23. The van der Waals surface area contributed by atoms with Gasteiger partial charge in [0, 0.05) is 17.0 Å². The minimum absolute atomic E-state index is 0.111. The molecule has 5 aromatic rings. The van der Waals surface area contributed by atoms with Crippen molar-refractivity contribution >= 4 is 17.4 Å². The van der Waals surface area contributed by atoms with Crippen LogP contribution < -0.4 is 0 Å². The normalized spacial score (nSPS) is 17.7. The van der Waals surface area contributed by atoms with Crippen LogP contribution in [0.4, 0.5) is 0 Å². The second-order valence-corrected chi connectivity index (χ2v) is 9.76. The molecule has 2 heterocycles. The summed E-state index contributed by atoms with van der Waals surface area (Å²) in [5.74, 6) is 0.111. The van der Waals surface area contributed by atoms with E-state index in [0.29, 0.717) is 0 Å². The van der Waals surface area contributed by atoms with Crippen molar-refractivity contribution in [1.29, 1.82) is 0 Å². The quantitative estimate of drug-likeness (QED) is 0.249. The molecule has 0 fully saturated rings. The van der Waals surface area contributed by atoms with Crippen LogP contribution in [0.15, 0.2) is 145 Å². The number of benzene rings is 4. The molecule has 2 aliphatic rings. The highest BCUT2D eigenvalue weighted by molar-refractivity contribution is 6.14. The maximum atomic E-state index is 5.39. The van der Waals surface area contributed by atoms with E-state index in [9.17, 15) is 0 Å². The average Bonchev–Trinajstić information content (AvgIpc) is 3.01. The van der Waals surface area contributed by atoms with Crippen LogP contribution in [0.2, 0.25) is 0 Å². The van der Waals surface area contributed by atoms with E-state index in [1.807, 2.05) is 6.07 Å². The number of rotatable bonds is 4. The Morgan fingerprint density at radius 3 is 1.74 bits per heavy atom. The second-order valence-electron chi connectivity index (χ2n) is 9.76. The number of aliphatic imine (C=N–C) groups is 1. The molecule has 0 radical (unpaired) electrons. The molecule has 1 aliphatic heterocycles. The van der Waals surface area contributed by atoms with Gasteiger partial charge in [0.15, 0.2) is 0 Å². The van der Waals surface area contributed by atoms with E-state index in [0.717, 1.165) is 33.8 Å². The molecular formula is C36H26N2. The largest absolute Gasteiger partial charge is 0.274 e. The first-order valence-corrected chi connectivity index (χ1v) is 13.1. The van der Waals surface area contributed by atoms with Crippen LogP contribution in [0.1, 0.15) is 28.4 Å². The van der Waals surface area contributed by atoms with Crippen LogP contribution in [-0.2, 0) is 0 Å². The minimum atomic E-state index is -0.114. The van der Waals surface area contributed by atoms with Gasteiger partial charge in [0.05, 0.1) is 17.1 Å². The van der Waals surface area contributed by atoms with E-state index in [4.69, 9.17) is 9.98 Å². The summed E-state index contributed by atoms with van der Waals surface area (Å²) < 4.78 is 0. The Morgan fingerprint density at radius 2 is 1.11 bits per heavy atom. The Morgan fingerprint density at radius 1 is 0.553 bits per heavy atom. The number of fused-ring (bicyclic) bond motifs is 3. The van der Waals surface area contributed by atoms with Gasteiger partial charge in [-0.2, -0.15) is 0 Å². The van der Waals surface area contributed by atoms with Gasteiger partial charge >= 0.3 is 0 Å². The van der Waals surface area contributed by atoms with Crippen molar-refractivity contribution in [3.63, 3.8) is 0 Å². The standard InChI is InChI=1S/C36H26N2/c1-5-13-25(14-6-1)31-23-33(27-17-9-3-10-18-27)37-35-29(31)21-22-30-32(26-15-7-2-8-16-26)24-34(38-36(30)35)28-19-11-4-12-20-28/h1-24,29,35H. The molecule has 0 amide bonds. The van der Waals surface area contributed by atoms with E-state index in [1.165, 1.54) is 22.3 Å². The maximum absolute atomic E-state index is 5.39. The van der Waals surface area contributed by atoms with Crippen LogP contribution in [0.5, 0.6) is 0 Å². The summed E-state index contributed by atoms with van der Waals surface area (Å²) >= 11 is 0. The van der Waals surface area contributed by atoms with Crippen molar-refractivity contribution in [2.45, 2.75) is 6.04 Å². The molecule has 0 saturated carbocycles. The van der Waals surface area contributed by atoms with E-state index in [-0.39, 0.29) is 12.0 Å². The summed E-state index contributed by atoms with van der Waals surface area (Å²) in [6, 6.07) is 44.4. The summed E-state index contributed by atoms with van der Waals surface area (Å²) in [5.41, 5.74) is 11.3. The zero-order chi connectivity index (χ0) is 25.3. The van der Waals surface area contributed by atoms with Gasteiger partial charge in [0.1, 0.15) is 6.04 Å². The molecule has 7 rings (SSSR count). The molecule has 1 aromatic heterocycles. The highest BCUT2D eigenvalue weighted by Gasteiger charge is 2.35. The predicted molar refractivity (Wildman–Crippen MR) is 158 cm³/mol. The molecule has 0 saturated heterocycles. The lowest BCUT2D eigenvalue weighted by atomic mass is 9.76. The third kappa shape index (κ3) is 4.01. The van der Waals surface area contributed by atoms with E-state index >= 15 is 0 Å². The first-order chi connectivity index (χ1) is 18.8. The molecule has 180 valence electrons. The lowest BCUT2D eigenvalue weighted by Gasteiger charge is -2.33. The second kappa shape index (κ2) is 9.57. The predicted octanol–water partition coefficient (Wildman–Crippen LogP) is 8.69. The fourth-order valence-electron chi connectivity index (χ4n) is 5.58. The molecule has 2 nitrogen and oxygen atoms in total. The van der Waals surface area contributed by atoms with Gasteiger partial charge in [-0.3, -0.25) is 4.99 Å². The third-order valence-electron chi connectivity index (χ3n) is 7.44. The lowest BCUT2D eigenvalue weighted by molar-refractivity contribution is 0.606. The van der Waals surface area contributed by atoms with Gasteiger partial charge in [-0.1, -0.05) is 133 Å². The Labute approximate surface area is 223 Å². The molecule has 0 spiro atoms. The van der Waals surface area contributed by atoms with Crippen LogP contribution >= 0.6 is 0 Å². The van der Waals surface area contributed by atoms with Gasteiger partial charge in [0.25, 0.3) is 0 Å². The number of allylic oxidation sites excluding steroid dienone is 1. The summed E-state index contributed by atoms with van der Waals surface area (Å²) in [6.45, 7) is 0. The number of aromatic nitrogens is 1. The maximum Gasteiger partial charge on any atom is 0.104 e. The van der Waals surface area contributed by atoms with Crippen LogP contribution in [0.25, 0.3) is 34.0 Å². The van der Waals surface area contributed by atoms with Crippen molar-refractivity contribution < 1.29 is 0 Å². The number of hydrogen-bond donors (Lipinski definition) is 0. The zero-order valence-electron chi connectivity index (χ0n) is 20.9. The van der Waals surface area contributed by atoms with Gasteiger partial charge in [0.2, 0.25) is 0 Å². The molecule has 1 aliphatic carbocycles. The number of nitrogens with zero attached hydrogens (tertiary/aromatic N) is 2. The third-order valence-corrected chi connectivity index (χ3v) is 7.44. The number of hydrogen-bond acceptors (Lipinski definition) is 2. The van der Waals surface area contributed by atoms with Crippen molar-refractivity contribution in [1.82, 2.24) is 4.98 Å². The Kier molecular flexibility index (Phi) is 5.64. The molecule has 4 aromatic carbocycles. The Balaban J connectivity index is 1.47. The van der Waals surface area contributed by atoms with Crippen molar-refractivity contribution in [2.75, 3.05) is 0 Å². The fraction of sp³-hybridized carbons (Fsp3) is 0.0556. The fourth-order valence-corrected chi connectivity index (χ4v) is 5.58. The van der Waals surface area contributed by atoms with Crippen molar-refractivity contribution in [2.24, 2.45) is 10.9 Å². The van der Waals surface area contributed by atoms with Gasteiger partial charge in [-0.25, -0.2) is 4.98 Å². The van der Waals surface area contributed by atoms with Gasteiger partial charge in [-0.15, -0.1) is 0 Å². The topological polar surface area (TPSA) is 25.2 Å². The zero-order valence-corrected chi connectivity index (χ0v) is 20.9. The molecule has 2 unspecified atom stereocenters. The van der Waals surface area contributed by atoms with E-state index < -0.39 is 0 Å². The summed E-state index contributed by atoms with van der Waals surface area (Å²) in [6.07, 6.45) is 6.86. The van der Waals surface area contributed by atoms with Crippen molar-refractivity contribution in [3.8, 4) is 22.4 Å². The molecule has 0 N–H and O–H groups in total. The molecule has 38 heavy (non-hydrogen) atoms. The minimum Gasteiger partial charge on any atom is -0.274 e. The first-order valence-electron chi connectivity index (χ1n) is 13.1. The molecule has 2 heteroatoms.